The lowest BCUT2D eigenvalue weighted by molar-refractivity contribution is -0.122. The molecule has 2 bridgehead atoms. The number of halogens is 1. The molecule has 6 rings (SSSR count). The molecule has 39 heavy (non-hydrogen) atoms. The van der Waals surface area contributed by atoms with Crippen molar-refractivity contribution in [3.8, 4) is 17.1 Å². The highest BCUT2D eigenvalue weighted by Gasteiger charge is 2.47. The van der Waals surface area contributed by atoms with E-state index in [0.717, 1.165) is 50.2 Å². The Bertz CT molecular complexity index is 1410. The number of nitrogens with zero attached hydrogens (tertiary/aromatic N) is 3. The van der Waals surface area contributed by atoms with E-state index in [2.05, 4.69) is 44.5 Å². The molecule has 2 fully saturated rings. The average Bonchev–Trinajstić information content (AvgIpc) is 3.65. The molecule has 1 aliphatic heterocycles. The van der Waals surface area contributed by atoms with E-state index in [1.165, 1.54) is 5.56 Å². The molecular weight excluding hydrogens is 516 g/mol. The lowest BCUT2D eigenvalue weighted by Gasteiger charge is -2.33. The molecule has 1 saturated carbocycles. The number of nitrogens with two attached hydrogens (primary N) is 1. The van der Waals surface area contributed by atoms with Crippen LogP contribution in [0.5, 0.6) is 5.75 Å². The number of carbonyl (C=O) groups excluding carboxylic acids is 1. The summed E-state index contributed by atoms with van der Waals surface area (Å²) < 4.78 is 5.81. The number of aromatic amines is 1. The number of amides is 1. The number of fused-ring (bicyclic) bond motifs is 3. The van der Waals surface area contributed by atoms with Crippen LogP contribution in [0.4, 0.5) is 5.69 Å². The van der Waals surface area contributed by atoms with Gasteiger partial charge in [-0.05, 0) is 74.7 Å². The van der Waals surface area contributed by atoms with E-state index in [0.29, 0.717) is 33.6 Å². The number of likely N-dealkylation sites (tertiary alicyclic amines) is 1. The largest absolute Gasteiger partial charge is 0.496 e. The van der Waals surface area contributed by atoms with Crippen LogP contribution >= 0.6 is 11.6 Å². The molecule has 3 aliphatic rings. The first-order valence-electron chi connectivity index (χ1n) is 13.7. The van der Waals surface area contributed by atoms with E-state index in [-0.39, 0.29) is 35.8 Å². The first-order valence-corrected chi connectivity index (χ1v) is 14.1. The number of anilines is 1. The first-order chi connectivity index (χ1) is 18.8. The Morgan fingerprint density at radius 1 is 1.31 bits per heavy atom. The summed E-state index contributed by atoms with van der Waals surface area (Å²) >= 11 is 6.62. The summed E-state index contributed by atoms with van der Waals surface area (Å²) in [4.78, 5) is 27.2. The summed E-state index contributed by atoms with van der Waals surface area (Å²) in [6, 6.07) is 6.18. The Kier molecular flexibility index (Phi) is 6.99. The summed E-state index contributed by atoms with van der Waals surface area (Å²) in [6.45, 7) is 4.50. The maximum Gasteiger partial charge on any atom is 0.223 e. The van der Waals surface area contributed by atoms with Crippen molar-refractivity contribution in [3.05, 3.63) is 47.1 Å². The number of allylic oxidation sites excluding steroid dienone is 1. The Morgan fingerprint density at radius 2 is 2.08 bits per heavy atom. The van der Waals surface area contributed by atoms with Gasteiger partial charge in [0, 0.05) is 12.6 Å². The van der Waals surface area contributed by atoms with Crippen molar-refractivity contribution in [1.82, 2.24) is 19.9 Å². The fourth-order valence-electron chi connectivity index (χ4n) is 6.76. The Morgan fingerprint density at radius 3 is 2.79 bits per heavy atom. The summed E-state index contributed by atoms with van der Waals surface area (Å²) in [7, 11) is 1.67. The summed E-state index contributed by atoms with van der Waals surface area (Å²) in [6.07, 6.45) is 8.54. The third-order valence-corrected chi connectivity index (χ3v) is 8.92. The van der Waals surface area contributed by atoms with Gasteiger partial charge in [-0.15, -0.1) is 0 Å². The van der Waals surface area contributed by atoms with Gasteiger partial charge in [0.25, 0.3) is 0 Å². The molecule has 9 nitrogen and oxygen atoms in total. The topological polar surface area (TPSA) is 129 Å². The second kappa shape index (κ2) is 10.4. The number of primary amides is 1. The van der Waals surface area contributed by atoms with Crippen molar-refractivity contribution >= 4 is 34.4 Å². The van der Waals surface area contributed by atoms with Crippen LogP contribution in [0, 0.1) is 17.8 Å². The zero-order chi connectivity index (χ0) is 27.3. The van der Waals surface area contributed by atoms with Crippen LogP contribution in [0.1, 0.15) is 37.7 Å². The molecule has 206 valence electrons. The monoisotopic (exact) mass is 550 g/mol. The van der Waals surface area contributed by atoms with E-state index in [1.54, 1.807) is 13.3 Å². The smallest absolute Gasteiger partial charge is 0.223 e. The molecule has 5 N–H and O–H groups in total. The fraction of sp³-hybridized carbons (Fsp3) is 0.483. The predicted molar refractivity (Wildman–Crippen MR) is 152 cm³/mol. The molecule has 3 aromatic rings. The maximum absolute atomic E-state index is 12.3. The van der Waals surface area contributed by atoms with Gasteiger partial charge < -0.3 is 30.8 Å². The number of carbonyl (C=O) groups is 1. The third-order valence-electron chi connectivity index (χ3n) is 8.63. The summed E-state index contributed by atoms with van der Waals surface area (Å²) in [5.74, 6) is 1.62. The van der Waals surface area contributed by atoms with Crippen molar-refractivity contribution in [3.63, 3.8) is 0 Å². The minimum Gasteiger partial charge on any atom is -0.496 e. The second-order valence-corrected chi connectivity index (χ2v) is 11.6. The maximum atomic E-state index is 12.3. The predicted octanol–water partition coefficient (Wildman–Crippen LogP) is 3.94. The van der Waals surface area contributed by atoms with Gasteiger partial charge in [-0.25, -0.2) is 9.97 Å². The van der Waals surface area contributed by atoms with E-state index < -0.39 is 0 Å². The minimum absolute atomic E-state index is 0.131. The number of H-pyrrole nitrogens is 1. The molecule has 1 amide bonds. The zero-order valence-electron chi connectivity index (χ0n) is 22.2. The number of ether oxygens (including phenoxy) is 1. The van der Waals surface area contributed by atoms with E-state index in [9.17, 15) is 9.90 Å². The Labute approximate surface area is 232 Å². The first kappa shape index (κ1) is 26.1. The number of aliphatic hydroxyl groups is 1. The molecule has 0 spiro atoms. The number of rotatable bonds is 8. The Balaban J connectivity index is 1.27. The number of methoxy groups -OCH3 is 1. The van der Waals surface area contributed by atoms with Crippen LogP contribution in [-0.2, 0) is 4.79 Å². The van der Waals surface area contributed by atoms with Gasteiger partial charge in [0.1, 0.15) is 17.1 Å². The Hall–Kier alpha value is -3.14. The number of benzene rings is 1. The molecule has 2 aromatic heterocycles. The highest BCUT2D eigenvalue weighted by atomic mass is 35.5. The average molecular weight is 551 g/mol. The normalized spacial score (nSPS) is 25.8. The van der Waals surface area contributed by atoms with Crippen molar-refractivity contribution in [1.29, 1.82) is 0 Å². The van der Waals surface area contributed by atoms with E-state index >= 15 is 0 Å². The number of hydrogen-bond acceptors (Lipinski definition) is 7. The van der Waals surface area contributed by atoms with E-state index in [4.69, 9.17) is 27.1 Å². The summed E-state index contributed by atoms with van der Waals surface area (Å²) in [5, 5.41) is 13.7. The van der Waals surface area contributed by atoms with Gasteiger partial charge >= 0.3 is 0 Å². The van der Waals surface area contributed by atoms with Crippen LogP contribution in [0.15, 0.2) is 36.5 Å². The van der Waals surface area contributed by atoms with Gasteiger partial charge in [0.05, 0.1) is 41.6 Å². The number of aromatic nitrogens is 3. The fourth-order valence-corrected chi connectivity index (χ4v) is 6.95. The highest BCUT2D eigenvalue weighted by molar-refractivity contribution is 6.34. The lowest BCUT2D eigenvalue weighted by Crippen LogP contribution is -2.41. The van der Waals surface area contributed by atoms with Crippen molar-refractivity contribution in [2.45, 2.75) is 44.2 Å². The van der Waals surface area contributed by atoms with Gasteiger partial charge in [0.2, 0.25) is 5.91 Å². The zero-order valence-corrected chi connectivity index (χ0v) is 23.0. The quantitative estimate of drug-likeness (QED) is 0.313. The lowest BCUT2D eigenvalue weighted by atomic mass is 9.88. The molecule has 10 heteroatoms. The van der Waals surface area contributed by atoms with Gasteiger partial charge in [-0.2, -0.15) is 0 Å². The molecular formula is C29H35ClN6O3. The molecule has 3 heterocycles. The van der Waals surface area contributed by atoms with Crippen LogP contribution in [0.2, 0.25) is 5.02 Å². The van der Waals surface area contributed by atoms with Crippen molar-refractivity contribution in [2.75, 3.05) is 32.1 Å². The molecule has 1 saturated heterocycles. The molecule has 5 atom stereocenters. The number of imidazole rings is 1. The third kappa shape index (κ3) is 4.88. The molecule has 0 radical (unpaired) electrons. The van der Waals surface area contributed by atoms with Crippen molar-refractivity contribution in [2.24, 2.45) is 23.5 Å². The second-order valence-electron chi connectivity index (χ2n) is 11.2. The number of pyridine rings is 1. The number of nitrogens with one attached hydrogen (secondary N) is 2. The summed E-state index contributed by atoms with van der Waals surface area (Å²) in [5.41, 5.74) is 9.75. The van der Waals surface area contributed by atoms with Gasteiger partial charge in [0.15, 0.2) is 5.65 Å². The van der Waals surface area contributed by atoms with Gasteiger partial charge in [-0.1, -0.05) is 29.8 Å². The SMILES string of the molecule is COc1cc(C2CCN(C[C@H](C)O)CC2)ccc1-c1nc2ncc(Cl)c(N[C@H]3[C@@H](C(N)=O)[C@H]4C=C[C@H]3C4)c2[nH]1. The van der Waals surface area contributed by atoms with Crippen molar-refractivity contribution < 1.29 is 14.6 Å². The number of β-amino-alcohol motifs (C(OH)–C–C–N with tert-alkyl or cyclic N) is 1. The molecule has 2 aliphatic carbocycles. The van der Waals surface area contributed by atoms with E-state index in [1.807, 2.05) is 13.0 Å². The number of aliphatic hydroxyl groups excluding tert-OH is 1. The minimum atomic E-state index is -0.306. The van der Waals surface area contributed by atoms with Crippen LogP contribution in [0.25, 0.3) is 22.6 Å². The molecule has 1 aromatic carbocycles. The van der Waals surface area contributed by atoms with Crippen LogP contribution in [0.3, 0.4) is 0 Å². The van der Waals surface area contributed by atoms with Gasteiger partial charge in [-0.3, -0.25) is 4.79 Å². The number of hydrogen-bond donors (Lipinski definition) is 4. The van der Waals surface area contributed by atoms with Crippen LogP contribution in [-0.4, -0.2) is 69.8 Å². The number of piperidine rings is 1. The molecule has 0 unspecified atom stereocenters. The standard InChI is InChI=1S/C29H35ClN6O3/c1-15(37)14-36-9-7-16(8-10-36)17-5-6-20(22(12-17)39-2)28-34-26-25(21(30)13-32-29(26)35-28)33-24-19-4-3-18(11-19)23(24)27(31)38/h3-6,12-13,15-16,18-19,23-24,37H,7-11,14H2,1-2H3,(H2,31,38)(H2,32,33,34,35)/t15-,18-,19-,23-,24+/m0/s1. The van der Waals surface area contributed by atoms with Crippen LogP contribution < -0.4 is 15.8 Å². The highest BCUT2D eigenvalue weighted by Crippen LogP contribution is 2.46.